The van der Waals surface area contributed by atoms with Gasteiger partial charge in [0.15, 0.2) is 27.1 Å². The number of ether oxygens (including phenoxy) is 1. The standard InChI is InChI=1S/C20H21F5N6O4S/c1-5-36(33,34)16-14(11-8-28-13(9-27-11)35-10-19(21,22)20(23,24)25)15-26-7-6-12(31(15)30-16)29-17(32)18(2,3)4/h6-9H,5,10H2,1-4H3,(H,29,32). The Hall–Kier alpha value is -3.43. The maximum atomic E-state index is 13.1. The highest BCUT2D eigenvalue weighted by Crippen LogP contribution is 2.36. The molecule has 0 unspecified atom stereocenters. The van der Waals surface area contributed by atoms with Gasteiger partial charge in [-0.1, -0.05) is 27.7 Å². The molecule has 0 bridgehead atoms. The van der Waals surface area contributed by atoms with E-state index >= 15 is 0 Å². The Morgan fingerprint density at radius 3 is 2.28 bits per heavy atom. The van der Waals surface area contributed by atoms with Crippen LogP contribution in [0.3, 0.4) is 0 Å². The first-order valence-corrected chi connectivity index (χ1v) is 11.9. The molecule has 10 nitrogen and oxygen atoms in total. The van der Waals surface area contributed by atoms with Crippen LogP contribution >= 0.6 is 0 Å². The van der Waals surface area contributed by atoms with Crippen LogP contribution in [0.2, 0.25) is 0 Å². The van der Waals surface area contributed by atoms with E-state index in [4.69, 9.17) is 0 Å². The second-order valence-electron chi connectivity index (χ2n) is 8.58. The van der Waals surface area contributed by atoms with Crippen molar-refractivity contribution in [3.8, 4) is 17.1 Å². The summed E-state index contributed by atoms with van der Waals surface area (Å²) in [4.78, 5) is 24.2. The van der Waals surface area contributed by atoms with Crippen LogP contribution in [0, 0.1) is 5.41 Å². The third-order valence-electron chi connectivity index (χ3n) is 4.78. The molecule has 0 aliphatic carbocycles. The summed E-state index contributed by atoms with van der Waals surface area (Å²) in [6, 6.07) is 1.40. The minimum Gasteiger partial charge on any atom is -0.470 e. The molecule has 0 aliphatic rings. The Bertz CT molecular complexity index is 1380. The summed E-state index contributed by atoms with van der Waals surface area (Å²) >= 11 is 0. The van der Waals surface area contributed by atoms with Crippen LogP contribution in [-0.2, 0) is 14.6 Å². The molecule has 0 radical (unpaired) electrons. The lowest BCUT2D eigenvalue weighted by Crippen LogP contribution is -2.41. The van der Waals surface area contributed by atoms with Gasteiger partial charge < -0.3 is 10.1 Å². The number of aromatic nitrogens is 5. The van der Waals surface area contributed by atoms with Crippen molar-refractivity contribution in [3.63, 3.8) is 0 Å². The quantitative estimate of drug-likeness (QED) is 0.454. The van der Waals surface area contributed by atoms with Crippen molar-refractivity contribution in [1.82, 2.24) is 24.6 Å². The van der Waals surface area contributed by atoms with Crippen LogP contribution in [0.1, 0.15) is 27.7 Å². The molecule has 0 atom stereocenters. The summed E-state index contributed by atoms with van der Waals surface area (Å²) in [5.41, 5.74) is -1.05. The molecule has 3 aromatic heterocycles. The smallest absolute Gasteiger partial charge is 0.456 e. The molecule has 0 spiro atoms. The molecule has 3 rings (SSSR count). The molecule has 0 saturated carbocycles. The van der Waals surface area contributed by atoms with E-state index in [-0.39, 0.29) is 34.4 Å². The Kier molecular flexibility index (Phi) is 6.96. The summed E-state index contributed by atoms with van der Waals surface area (Å²) in [5.74, 6) is -6.39. The second kappa shape index (κ2) is 9.22. The van der Waals surface area contributed by atoms with Crippen LogP contribution in [0.5, 0.6) is 5.88 Å². The third kappa shape index (κ3) is 5.37. The highest BCUT2D eigenvalue weighted by Gasteiger charge is 2.58. The monoisotopic (exact) mass is 536 g/mol. The molecule has 196 valence electrons. The molecule has 3 aromatic rings. The SMILES string of the molecule is CCS(=O)(=O)c1nn2c(NC(=O)C(C)(C)C)ccnc2c1-c1cnc(OCC(F)(F)C(F)(F)F)cn1. The minimum absolute atomic E-state index is 0.0275. The number of halogens is 5. The first-order chi connectivity index (χ1) is 16.5. The fourth-order valence-corrected chi connectivity index (χ4v) is 3.66. The Balaban J connectivity index is 2.07. The predicted molar refractivity (Wildman–Crippen MR) is 116 cm³/mol. The maximum Gasteiger partial charge on any atom is 0.456 e. The lowest BCUT2D eigenvalue weighted by Gasteiger charge is -2.19. The zero-order valence-corrected chi connectivity index (χ0v) is 20.2. The zero-order valence-electron chi connectivity index (χ0n) is 19.4. The average molecular weight is 536 g/mol. The highest BCUT2D eigenvalue weighted by atomic mass is 32.2. The number of anilines is 1. The van der Waals surface area contributed by atoms with E-state index in [9.17, 15) is 35.2 Å². The lowest BCUT2D eigenvalue weighted by molar-refractivity contribution is -0.290. The second-order valence-corrected chi connectivity index (χ2v) is 10.8. The number of nitrogens with zero attached hydrogens (tertiary/aromatic N) is 5. The van der Waals surface area contributed by atoms with E-state index in [0.717, 1.165) is 16.9 Å². The molecular weight excluding hydrogens is 515 g/mol. The van der Waals surface area contributed by atoms with E-state index < -0.39 is 44.9 Å². The topological polar surface area (TPSA) is 128 Å². The molecule has 16 heteroatoms. The van der Waals surface area contributed by atoms with Crippen LogP contribution in [0.4, 0.5) is 27.8 Å². The fourth-order valence-electron chi connectivity index (χ4n) is 2.67. The number of carbonyl (C=O) groups is 1. The predicted octanol–water partition coefficient (Wildman–Crippen LogP) is 3.54. The molecule has 1 amide bonds. The molecule has 0 fully saturated rings. The van der Waals surface area contributed by atoms with Gasteiger partial charge in [-0.05, 0) is 6.07 Å². The van der Waals surface area contributed by atoms with Gasteiger partial charge in [0, 0.05) is 11.6 Å². The van der Waals surface area contributed by atoms with E-state index in [1.165, 1.54) is 19.2 Å². The number of rotatable bonds is 7. The van der Waals surface area contributed by atoms with Crippen LogP contribution in [-0.4, -0.2) is 63.3 Å². The molecule has 3 heterocycles. The number of fused-ring (bicyclic) bond motifs is 1. The fraction of sp³-hybridized carbons (Fsp3) is 0.450. The first kappa shape index (κ1) is 27.2. The van der Waals surface area contributed by atoms with E-state index in [2.05, 4.69) is 30.1 Å². The van der Waals surface area contributed by atoms with Gasteiger partial charge in [-0.15, -0.1) is 0 Å². The van der Waals surface area contributed by atoms with E-state index in [1.807, 2.05) is 0 Å². The van der Waals surface area contributed by atoms with Crippen LogP contribution in [0.25, 0.3) is 16.9 Å². The van der Waals surface area contributed by atoms with Gasteiger partial charge in [0.05, 0.1) is 29.4 Å². The number of alkyl halides is 5. The van der Waals surface area contributed by atoms with Gasteiger partial charge >= 0.3 is 12.1 Å². The summed E-state index contributed by atoms with van der Waals surface area (Å²) in [7, 11) is -3.98. The third-order valence-corrected chi connectivity index (χ3v) is 6.42. The Morgan fingerprint density at radius 2 is 1.75 bits per heavy atom. The van der Waals surface area contributed by atoms with Crippen molar-refractivity contribution in [2.75, 3.05) is 17.7 Å². The molecule has 0 aromatic carbocycles. The largest absolute Gasteiger partial charge is 0.470 e. The van der Waals surface area contributed by atoms with Crippen molar-refractivity contribution >= 4 is 27.2 Å². The Labute approximate surface area is 201 Å². The average Bonchev–Trinajstić information content (AvgIpc) is 3.18. The van der Waals surface area contributed by atoms with E-state index in [0.29, 0.717) is 0 Å². The van der Waals surface area contributed by atoms with Crippen LogP contribution < -0.4 is 10.1 Å². The number of amides is 1. The number of sulfone groups is 1. The Morgan fingerprint density at radius 1 is 1.08 bits per heavy atom. The normalized spacial score (nSPS) is 13.1. The van der Waals surface area contributed by atoms with Gasteiger partial charge in [0.1, 0.15) is 5.82 Å². The number of hydrogen-bond donors (Lipinski definition) is 1. The van der Waals surface area contributed by atoms with Crippen molar-refractivity contribution in [2.45, 2.75) is 44.8 Å². The van der Waals surface area contributed by atoms with Gasteiger partial charge in [-0.25, -0.2) is 23.4 Å². The highest BCUT2D eigenvalue weighted by molar-refractivity contribution is 7.91. The van der Waals surface area contributed by atoms with E-state index in [1.54, 1.807) is 20.8 Å². The number of hydrogen-bond acceptors (Lipinski definition) is 8. The molecule has 0 saturated heterocycles. The molecule has 36 heavy (non-hydrogen) atoms. The summed E-state index contributed by atoms with van der Waals surface area (Å²) in [5, 5.41) is 6.32. The summed E-state index contributed by atoms with van der Waals surface area (Å²) in [6.45, 7) is 4.38. The summed E-state index contributed by atoms with van der Waals surface area (Å²) < 4.78 is 94.3. The zero-order chi connectivity index (χ0) is 27.1. The summed E-state index contributed by atoms with van der Waals surface area (Å²) in [6.07, 6.45) is -2.83. The lowest BCUT2D eigenvalue weighted by atomic mass is 9.96. The van der Waals surface area contributed by atoms with Gasteiger partial charge in [0.2, 0.25) is 11.8 Å². The number of carbonyl (C=O) groups excluding carboxylic acids is 1. The van der Waals surface area contributed by atoms with Gasteiger partial charge in [-0.3, -0.25) is 4.79 Å². The van der Waals surface area contributed by atoms with Crippen molar-refractivity contribution in [1.29, 1.82) is 0 Å². The minimum atomic E-state index is -5.81. The van der Waals surface area contributed by atoms with Gasteiger partial charge in [-0.2, -0.15) is 31.6 Å². The maximum absolute atomic E-state index is 13.1. The first-order valence-electron chi connectivity index (χ1n) is 10.3. The van der Waals surface area contributed by atoms with Crippen molar-refractivity contribution in [2.24, 2.45) is 5.41 Å². The van der Waals surface area contributed by atoms with Crippen molar-refractivity contribution < 1.29 is 39.9 Å². The molecule has 1 N–H and O–H groups in total. The molecular formula is C20H21F5N6O4S. The van der Waals surface area contributed by atoms with Crippen molar-refractivity contribution in [3.05, 3.63) is 24.7 Å². The van der Waals surface area contributed by atoms with Gasteiger partial charge in [0.25, 0.3) is 0 Å². The van der Waals surface area contributed by atoms with Crippen LogP contribution in [0.15, 0.2) is 29.7 Å². The number of nitrogens with one attached hydrogen (secondary N) is 1. The molecule has 0 aliphatic heterocycles.